The standard InChI is InChI=1S/C6H10O2S2/c1-4-2-5(10-9-4)3-6(7)8/h4-5H,2-3H2,1H3,(H,7,8). The third-order valence-corrected chi connectivity index (χ3v) is 4.75. The fourth-order valence-electron chi connectivity index (χ4n) is 0.934. The largest absolute Gasteiger partial charge is 0.481 e. The number of aliphatic carboxylic acids is 1. The van der Waals surface area contributed by atoms with Crippen LogP contribution < -0.4 is 0 Å². The Kier molecular flexibility index (Phi) is 2.92. The van der Waals surface area contributed by atoms with Crippen LogP contribution in [0.4, 0.5) is 0 Å². The molecule has 0 radical (unpaired) electrons. The first-order valence-electron chi connectivity index (χ1n) is 3.22. The van der Waals surface area contributed by atoms with Gasteiger partial charge in [-0.15, -0.1) is 0 Å². The molecule has 10 heavy (non-hydrogen) atoms. The summed E-state index contributed by atoms with van der Waals surface area (Å²) in [5, 5.41) is 9.42. The van der Waals surface area contributed by atoms with E-state index < -0.39 is 5.97 Å². The van der Waals surface area contributed by atoms with Crippen LogP contribution in [0.25, 0.3) is 0 Å². The van der Waals surface area contributed by atoms with Gasteiger partial charge in [0.05, 0.1) is 6.42 Å². The Morgan fingerprint density at radius 1 is 1.70 bits per heavy atom. The third kappa shape index (κ3) is 2.42. The van der Waals surface area contributed by atoms with E-state index in [1.165, 1.54) is 0 Å². The highest BCUT2D eigenvalue weighted by atomic mass is 33.1. The summed E-state index contributed by atoms with van der Waals surface area (Å²) in [6, 6.07) is 0. The molecule has 2 unspecified atom stereocenters. The Balaban J connectivity index is 2.24. The molecule has 1 aliphatic rings. The van der Waals surface area contributed by atoms with Gasteiger partial charge in [0.15, 0.2) is 0 Å². The highest BCUT2D eigenvalue weighted by Crippen LogP contribution is 2.44. The van der Waals surface area contributed by atoms with E-state index in [0.29, 0.717) is 16.9 Å². The molecule has 0 bridgehead atoms. The molecule has 58 valence electrons. The average Bonchev–Trinajstić information content (AvgIpc) is 2.13. The minimum Gasteiger partial charge on any atom is -0.481 e. The maximum absolute atomic E-state index is 10.2. The Morgan fingerprint density at radius 2 is 2.40 bits per heavy atom. The lowest BCUT2D eigenvalue weighted by Crippen LogP contribution is -2.07. The zero-order valence-electron chi connectivity index (χ0n) is 5.74. The van der Waals surface area contributed by atoms with Gasteiger partial charge in [-0.3, -0.25) is 4.79 Å². The van der Waals surface area contributed by atoms with Gasteiger partial charge in [0.2, 0.25) is 0 Å². The molecule has 0 aromatic heterocycles. The second kappa shape index (κ2) is 3.53. The van der Waals surface area contributed by atoms with E-state index in [4.69, 9.17) is 5.11 Å². The van der Waals surface area contributed by atoms with Gasteiger partial charge in [-0.25, -0.2) is 0 Å². The number of carboxylic acid groups (broad SMARTS) is 1. The fourth-order valence-corrected chi connectivity index (χ4v) is 4.01. The third-order valence-electron chi connectivity index (χ3n) is 1.35. The molecule has 1 heterocycles. The van der Waals surface area contributed by atoms with Crippen molar-refractivity contribution in [3.8, 4) is 0 Å². The lowest BCUT2D eigenvalue weighted by atomic mass is 10.2. The van der Waals surface area contributed by atoms with Crippen LogP contribution in [0.2, 0.25) is 0 Å². The van der Waals surface area contributed by atoms with Crippen molar-refractivity contribution in [2.75, 3.05) is 0 Å². The van der Waals surface area contributed by atoms with E-state index >= 15 is 0 Å². The second-order valence-corrected chi connectivity index (χ2v) is 5.47. The average molecular weight is 178 g/mol. The highest BCUT2D eigenvalue weighted by molar-refractivity contribution is 8.77. The number of rotatable bonds is 2. The number of carbonyl (C=O) groups is 1. The van der Waals surface area contributed by atoms with Crippen LogP contribution in [0.1, 0.15) is 19.8 Å². The van der Waals surface area contributed by atoms with Crippen molar-refractivity contribution in [3.05, 3.63) is 0 Å². The zero-order chi connectivity index (χ0) is 7.56. The summed E-state index contributed by atoms with van der Waals surface area (Å²) in [6.45, 7) is 2.14. The van der Waals surface area contributed by atoms with E-state index in [9.17, 15) is 4.79 Å². The molecule has 1 aliphatic heterocycles. The summed E-state index contributed by atoms with van der Waals surface area (Å²) in [4.78, 5) is 10.2. The first-order valence-corrected chi connectivity index (χ1v) is 5.50. The van der Waals surface area contributed by atoms with Crippen molar-refractivity contribution in [1.29, 1.82) is 0 Å². The molecule has 0 aromatic carbocycles. The summed E-state index contributed by atoms with van der Waals surface area (Å²) in [7, 11) is 3.52. The maximum atomic E-state index is 10.2. The highest BCUT2D eigenvalue weighted by Gasteiger charge is 2.24. The summed E-state index contributed by atoms with van der Waals surface area (Å²) in [6.07, 6.45) is 1.36. The van der Waals surface area contributed by atoms with Crippen molar-refractivity contribution in [1.82, 2.24) is 0 Å². The summed E-state index contributed by atoms with van der Waals surface area (Å²) < 4.78 is 0. The first kappa shape index (κ1) is 8.27. The number of hydrogen-bond donors (Lipinski definition) is 1. The molecule has 1 rings (SSSR count). The normalized spacial score (nSPS) is 32.5. The summed E-state index contributed by atoms with van der Waals surface area (Å²) in [5.74, 6) is -0.674. The van der Waals surface area contributed by atoms with Crippen LogP contribution in [0.3, 0.4) is 0 Å². The van der Waals surface area contributed by atoms with Crippen LogP contribution >= 0.6 is 21.6 Å². The molecule has 0 spiro atoms. The van der Waals surface area contributed by atoms with Gasteiger partial charge in [-0.2, -0.15) is 0 Å². The van der Waals surface area contributed by atoms with E-state index in [1.54, 1.807) is 21.6 Å². The molecule has 4 heteroatoms. The number of hydrogen-bond acceptors (Lipinski definition) is 3. The topological polar surface area (TPSA) is 37.3 Å². The van der Waals surface area contributed by atoms with Gasteiger partial charge in [-0.1, -0.05) is 28.5 Å². The van der Waals surface area contributed by atoms with Gasteiger partial charge < -0.3 is 5.11 Å². The van der Waals surface area contributed by atoms with Crippen molar-refractivity contribution in [2.45, 2.75) is 30.3 Å². The first-order chi connectivity index (χ1) is 4.68. The minimum atomic E-state index is -0.674. The lowest BCUT2D eigenvalue weighted by Gasteiger charge is -2.00. The van der Waals surface area contributed by atoms with Crippen molar-refractivity contribution < 1.29 is 9.90 Å². The van der Waals surface area contributed by atoms with Crippen LogP contribution in [-0.4, -0.2) is 21.6 Å². The zero-order valence-corrected chi connectivity index (χ0v) is 7.37. The molecule has 2 atom stereocenters. The molecule has 0 aromatic rings. The minimum absolute atomic E-state index is 0.321. The maximum Gasteiger partial charge on any atom is 0.304 e. The van der Waals surface area contributed by atoms with Crippen LogP contribution in [0.5, 0.6) is 0 Å². The lowest BCUT2D eigenvalue weighted by molar-refractivity contribution is -0.136. The van der Waals surface area contributed by atoms with E-state index in [1.807, 2.05) is 0 Å². The predicted octanol–water partition coefficient (Wildman–Crippen LogP) is 2.00. The van der Waals surface area contributed by atoms with E-state index in [2.05, 4.69) is 6.92 Å². The smallest absolute Gasteiger partial charge is 0.304 e. The summed E-state index contributed by atoms with van der Waals surface area (Å²) >= 11 is 0. The van der Waals surface area contributed by atoms with Crippen LogP contribution in [0.15, 0.2) is 0 Å². The molecule has 0 saturated carbocycles. The number of carboxylic acids is 1. The molecule has 0 amide bonds. The van der Waals surface area contributed by atoms with Crippen LogP contribution in [-0.2, 0) is 4.79 Å². The van der Waals surface area contributed by atoms with Gasteiger partial charge in [0, 0.05) is 10.5 Å². The summed E-state index contributed by atoms with van der Waals surface area (Å²) in [5.41, 5.74) is 0. The Bertz CT molecular complexity index is 138. The van der Waals surface area contributed by atoms with Gasteiger partial charge in [0.25, 0.3) is 0 Å². The predicted molar refractivity (Wildman–Crippen MR) is 45.3 cm³/mol. The van der Waals surface area contributed by atoms with Gasteiger partial charge in [-0.05, 0) is 6.42 Å². The Labute approximate surface area is 68.2 Å². The Hall–Kier alpha value is 0.170. The SMILES string of the molecule is CC1CC(CC(=O)O)SS1. The van der Waals surface area contributed by atoms with Gasteiger partial charge in [0.1, 0.15) is 0 Å². The van der Waals surface area contributed by atoms with E-state index in [0.717, 1.165) is 6.42 Å². The molecular formula is C6H10O2S2. The van der Waals surface area contributed by atoms with Crippen LogP contribution in [0, 0.1) is 0 Å². The molecule has 0 aliphatic carbocycles. The van der Waals surface area contributed by atoms with E-state index in [-0.39, 0.29) is 0 Å². The monoisotopic (exact) mass is 178 g/mol. The second-order valence-electron chi connectivity index (χ2n) is 2.46. The quantitative estimate of drug-likeness (QED) is 0.656. The van der Waals surface area contributed by atoms with Gasteiger partial charge >= 0.3 is 5.97 Å². The molecular weight excluding hydrogens is 168 g/mol. The molecule has 1 saturated heterocycles. The fraction of sp³-hybridized carbons (Fsp3) is 0.833. The van der Waals surface area contributed by atoms with Crippen molar-refractivity contribution in [3.63, 3.8) is 0 Å². The molecule has 2 nitrogen and oxygen atoms in total. The molecule has 1 fully saturated rings. The Morgan fingerprint density at radius 3 is 2.80 bits per heavy atom. The van der Waals surface area contributed by atoms with Crippen molar-refractivity contribution >= 4 is 27.6 Å². The molecule has 1 N–H and O–H groups in total. The van der Waals surface area contributed by atoms with Crippen molar-refractivity contribution in [2.24, 2.45) is 0 Å².